The van der Waals surface area contributed by atoms with Crippen molar-refractivity contribution in [1.82, 2.24) is 15.1 Å². The van der Waals surface area contributed by atoms with E-state index in [0.717, 1.165) is 17.3 Å². The van der Waals surface area contributed by atoms with Crippen LogP contribution in [0.1, 0.15) is 44.9 Å². The highest BCUT2D eigenvalue weighted by Crippen LogP contribution is 2.32. The maximum absolute atomic E-state index is 6.22. The van der Waals surface area contributed by atoms with Gasteiger partial charge in [-0.3, -0.25) is 4.68 Å². The average Bonchev–Trinajstić information content (AvgIpc) is 2.79. The Morgan fingerprint density at radius 1 is 1.19 bits per heavy atom. The summed E-state index contributed by atoms with van der Waals surface area (Å²) in [7, 11) is 1.96. The maximum Gasteiger partial charge on any atom is 0.0728 e. The van der Waals surface area contributed by atoms with E-state index in [4.69, 9.17) is 11.6 Å². The fourth-order valence-electron chi connectivity index (χ4n) is 2.41. The molecule has 21 heavy (non-hydrogen) atoms. The third kappa shape index (κ3) is 3.86. The molecule has 0 bridgehead atoms. The van der Waals surface area contributed by atoms with E-state index < -0.39 is 0 Å². The lowest BCUT2D eigenvalue weighted by Crippen LogP contribution is -2.22. The monoisotopic (exact) mass is 305 g/mol. The minimum Gasteiger partial charge on any atom is -0.310 e. The van der Waals surface area contributed by atoms with E-state index in [1.807, 2.05) is 23.9 Å². The molecule has 0 saturated carbocycles. The molecule has 0 unspecified atom stereocenters. The Kier molecular flexibility index (Phi) is 5.07. The lowest BCUT2D eigenvalue weighted by Gasteiger charge is -2.14. The zero-order valence-corrected chi connectivity index (χ0v) is 14.2. The van der Waals surface area contributed by atoms with Crippen molar-refractivity contribution >= 4 is 11.6 Å². The van der Waals surface area contributed by atoms with E-state index >= 15 is 0 Å². The van der Waals surface area contributed by atoms with Crippen LogP contribution in [0.25, 0.3) is 11.1 Å². The van der Waals surface area contributed by atoms with Gasteiger partial charge in [-0.1, -0.05) is 45.4 Å². The number of aromatic nitrogens is 2. The summed E-state index contributed by atoms with van der Waals surface area (Å²) in [4.78, 5) is 0. The van der Waals surface area contributed by atoms with Gasteiger partial charge in [0.2, 0.25) is 0 Å². The molecule has 0 radical (unpaired) electrons. The highest BCUT2D eigenvalue weighted by molar-refractivity contribution is 6.30. The third-order valence-electron chi connectivity index (χ3n) is 3.47. The van der Waals surface area contributed by atoms with Crippen LogP contribution in [0, 0.1) is 0 Å². The van der Waals surface area contributed by atoms with Crippen molar-refractivity contribution < 1.29 is 0 Å². The van der Waals surface area contributed by atoms with Crippen molar-refractivity contribution in [3.63, 3.8) is 0 Å². The molecule has 4 heteroatoms. The summed E-state index contributed by atoms with van der Waals surface area (Å²) < 4.78 is 1.88. The van der Waals surface area contributed by atoms with Crippen molar-refractivity contribution in [2.75, 3.05) is 0 Å². The SMILES string of the molecule is CC(C)NCc1ccc(Cl)cc1-c1cn(C)nc1C(C)C. The minimum absolute atomic E-state index is 0.381. The van der Waals surface area contributed by atoms with Gasteiger partial charge in [0.05, 0.1) is 5.69 Å². The Bertz CT molecular complexity index is 614. The van der Waals surface area contributed by atoms with Crippen molar-refractivity contribution in [2.45, 2.75) is 46.2 Å². The molecule has 0 fully saturated rings. The molecular formula is C17H24ClN3. The summed E-state index contributed by atoms with van der Waals surface area (Å²) in [5, 5.41) is 8.84. The predicted octanol–water partition coefficient (Wildman–Crippen LogP) is 4.36. The molecule has 114 valence electrons. The van der Waals surface area contributed by atoms with E-state index in [2.05, 4.69) is 50.4 Å². The molecule has 0 aliphatic heterocycles. The molecule has 0 aliphatic carbocycles. The third-order valence-corrected chi connectivity index (χ3v) is 3.70. The van der Waals surface area contributed by atoms with Crippen molar-refractivity contribution in [3.8, 4) is 11.1 Å². The molecule has 1 N–H and O–H groups in total. The van der Waals surface area contributed by atoms with Crippen LogP contribution >= 0.6 is 11.6 Å². The van der Waals surface area contributed by atoms with Gasteiger partial charge in [0.1, 0.15) is 0 Å². The Morgan fingerprint density at radius 3 is 2.52 bits per heavy atom. The van der Waals surface area contributed by atoms with Gasteiger partial charge in [-0.15, -0.1) is 0 Å². The van der Waals surface area contributed by atoms with Gasteiger partial charge in [0, 0.05) is 36.4 Å². The first kappa shape index (κ1) is 16.1. The standard InChI is InChI=1S/C17H24ClN3/c1-11(2)17-16(10-21(5)20-17)15-8-14(18)7-6-13(15)9-19-12(3)4/h6-8,10-12,19H,9H2,1-5H3. The largest absolute Gasteiger partial charge is 0.310 e. The molecule has 0 amide bonds. The van der Waals surface area contributed by atoms with Crippen molar-refractivity contribution in [2.24, 2.45) is 7.05 Å². The molecule has 0 saturated heterocycles. The molecule has 1 heterocycles. The van der Waals surface area contributed by atoms with Crippen molar-refractivity contribution in [3.05, 3.63) is 40.7 Å². The van der Waals surface area contributed by atoms with Crippen LogP contribution in [0.3, 0.4) is 0 Å². The van der Waals surface area contributed by atoms with Crippen LogP contribution in [0.4, 0.5) is 0 Å². The maximum atomic E-state index is 6.22. The van der Waals surface area contributed by atoms with Gasteiger partial charge >= 0.3 is 0 Å². The van der Waals surface area contributed by atoms with Gasteiger partial charge in [-0.25, -0.2) is 0 Å². The lowest BCUT2D eigenvalue weighted by molar-refractivity contribution is 0.589. The number of halogens is 1. The van der Waals surface area contributed by atoms with E-state index in [9.17, 15) is 0 Å². The van der Waals surface area contributed by atoms with Gasteiger partial charge in [0.15, 0.2) is 0 Å². The molecule has 2 aromatic rings. The van der Waals surface area contributed by atoms with Crippen LogP contribution in [0.2, 0.25) is 5.02 Å². The van der Waals surface area contributed by atoms with E-state index in [-0.39, 0.29) is 0 Å². The van der Waals surface area contributed by atoms with Crippen LogP contribution < -0.4 is 5.32 Å². The summed E-state index contributed by atoms with van der Waals surface area (Å²) in [5.41, 5.74) is 4.72. The molecule has 0 spiro atoms. The van der Waals surface area contributed by atoms with Gasteiger partial charge < -0.3 is 5.32 Å². The first-order valence-electron chi connectivity index (χ1n) is 7.44. The number of hydrogen-bond acceptors (Lipinski definition) is 2. The molecule has 3 nitrogen and oxygen atoms in total. The number of benzene rings is 1. The smallest absolute Gasteiger partial charge is 0.0728 e. The Labute approximate surface area is 132 Å². The second kappa shape index (κ2) is 6.63. The Balaban J connectivity index is 2.49. The van der Waals surface area contributed by atoms with Crippen LogP contribution in [0.5, 0.6) is 0 Å². The molecule has 0 aliphatic rings. The average molecular weight is 306 g/mol. The summed E-state index contributed by atoms with van der Waals surface area (Å²) in [6.45, 7) is 9.47. The quantitative estimate of drug-likeness (QED) is 0.889. The van der Waals surface area contributed by atoms with Crippen LogP contribution in [-0.2, 0) is 13.6 Å². The molecule has 2 rings (SSSR count). The zero-order valence-electron chi connectivity index (χ0n) is 13.4. The zero-order chi connectivity index (χ0) is 15.6. The second-order valence-corrected chi connectivity index (χ2v) is 6.53. The normalized spacial score (nSPS) is 11.6. The number of nitrogens with one attached hydrogen (secondary N) is 1. The first-order valence-corrected chi connectivity index (χ1v) is 7.82. The predicted molar refractivity (Wildman–Crippen MR) is 89.7 cm³/mol. The molecule has 0 atom stereocenters. The lowest BCUT2D eigenvalue weighted by atomic mass is 9.96. The fraction of sp³-hybridized carbons (Fsp3) is 0.471. The number of aryl methyl sites for hydroxylation is 1. The highest BCUT2D eigenvalue weighted by atomic mass is 35.5. The van der Waals surface area contributed by atoms with Crippen LogP contribution in [0.15, 0.2) is 24.4 Å². The Hall–Kier alpha value is -1.32. The van der Waals surface area contributed by atoms with Crippen LogP contribution in [-0.4, -0.2) is 15.8 Å². The summed E-state index contributed by atoms with van der Waals surface area (Å²) in [5.74, 6) is 0.381. The van der Waals surface area contributed by atoms with E-state index in [1.165, 1.54) is 16.7 Å². The number of nitrogens with zero attached hydrogens (tertiary/aromatic N) is 2. The first-order chi connectivity index (χ1) is 9.88. The fourth-order valence-corrected chi connectivity index (χ4v) is 2.58. The summed E-state index contributed by atoms with van der Waals surface area (Å²) in [6.07, 6.45) is 2.08. The molecular weight excluding hydrogens is 282 g/mol. The topological polar surface area (TPSA) is 29.9 Å². The van der Waals surface area contributed by atoms with Gasteiger partial charge in [0.25, 0.3) is 0 Å². The molecule has 1 aromatic heterocycles. The number of hydrogen-bond donors (Lipinski definition) is 1. The Morgan fingerprint density at radius 2 is 1.90 bits per heavy atom. The number of rotatable bonds is 5. The van der Waals surface area contributed by atoms with E-state index in [1.54, 1.807) is 0 Å². The minimum atomic E-state index is 0.381. The summed E-state index contributed by atoms with van der Waals surface area (Å²) >= 11 is 6.22. The van der Waals surface area contributed by atoms with E-state index in [0.29, 0.717) is 12.0 Å². The van der Waals surface area contributed by atoms with Gasteiger partial charge in [-0.05, 0) is 29.2 Å². The second-order valence-electron chi connectivity index (χ2n) is 6.09. The van der Waals surface area contributed by atoms with Crippen molar-refractivity contribution in [1.29, 1.82) is 0 Å². The summed E-state index contributed by atoms with van der Waals surface area (Å²) in [6, 6.07) is 6.55. The molecule has 1 aromatic carbocycles. The highest BCUT2D eigenvalue weighted by Gasteiger charge is 2.16. The van der Waals surface area contributed by atoms with Gasteiger partial charge in [-0.2, -0.15) is 5.10 Å².